The first-order valence-corrected chi connectivity index (χ1v) is 5.49. The largest absolute Gasteiger partial charge is 0.469 e. The molecule has 0 atom stereocenters. The molecule has 0 aliphatic carbocycles. The molecule has 18 heavy (non-hydrogen) atoms. The number of esters is 1. The Morgan fingerprint density at radius 1 is 1.11 bits per heavy atom. The van der Waals surface area contributed by atoms with Gasteiger partial charge in [0, 0.05) is 14.1 Å². The molecular formula is C13H23NO4. The van der Waals surface area contributed by atoms with Crippen LogP contribution in [0.5, 0.6) is 0 Å². The van der Waals surface area contributed by atoms with E-state index in [4.69, 9.17) is 0 Å². The predicted octanol–water partition coefficient (Wildman–Crippen LogP) is 2.24. The number of amides is 1. The van der Waals surface area contributed by atoms with Gasteiger partial charge in [0.2, 0.25) is 0 Å². The molecule has 0 fully saturated rings. The van der Waals surface area contributed by atoms with Crippen LogP contribution in [0.1, 0.15) is 12.8 Å². The quantitative estimate of drug-likeness (QED) is 0.560. The van der Waals surface area contributed by atoms with Crippen LogP contribution in [0.2, 0.25) is 0 Å². The first-order chi connectivity index (χ1) is 8.44. The van der Waals surface area contributed by atoms with Gasteiger partial charge >= 0.3 is 12.1 Å². The Morgan fingerprint density at radius 3 is 1.72 bits per heavy atom. The van der Waals surface area contributed by atoms with Gasteiger partial charge in [0.25, 0.3) is 0 Å². The monoisotopic (exact) mass is 257 g/mol. The summed E-state index contributed by atoms with van der Waals surface area (Å²) in [5.74, 6) is -0.292. The molecule has 0 N–H and O–H groups in total. The number of carbonyl (C=O) groups is 2. The minimum absolute atomic E-state index is 0.102. The first-order valence-electron chi connectivity index (χ1n) is 5.49. The molecule has 0 aliphatic rings. The average molecular weight is 257 g/mol. The van der Waals surface area contributed by atoms with Crippen molar-refractivity contribution in [2.24, 2.45) is 5.92 Å². The fourth-order valence-electron chi connectivity index (χ4n) is 1.04. The fourth-order valence-corrected chi connectivity index (χ4v) is 1.04. The summed E-state index contributed by atoms with van der Waals surface area (Å²) in [5, 5.41) is 0. The third kappa shape index (κ3) is 9.45. The third-order valence-electron chi connectivity index (χ3n) is 1.98. The maximum atomic E-state index is 11.0. The number of nitrogens with zero attached hydrogens (tertiary/aromatic N) is 1. The molecule has 0 spiro atoms. The summed E-state index contributed by atoms with van der Waals surface area (Å²) in [7, 11) is 6.00. The minimum atomic E-state index is -0.319. The van der Waals surface area contributed by atoms with Crippen LogP contribution >= 0.6 is 0 Å². The van der Waals surface area contributed by atoms with Gasteiger partial charge in [0.05, 0.1) is 20.1 Å². The minimum Gasteiger partial charge on any atom is -0.469 e. The number of rotatable bonds is 5. The zero-order valence-corrected chi connectivity index (χ0v) is 11.6. The molecule has 0 saturated heterocycles. The fraction of sp³-hybridized carbons (Fsp3) is 0.538. The highest BCUT2D eigenvalue weighted by atomic mass is 16.5. The van der Waals surface area contributed by atoms with Crippen LogP contribution < -0.4 is 0 Å². The standard InChI is InChI=1S/C9H14O2.C4H9NO2/c1-4-6-8(7-5-2)9(10)11-3;1-5(2)4(6)7-3/h4-5,8H,1-2,6-7H2,3H3;1-3H3. The molecule has 0 bridgehead atoms. The summed E-state index contributed by atoms with van der Waals surface area (Å²) in [6.07, 6.45) is 4.41. The maximum Gasteiger partial charge on any atom is 0.408 e. The highest BCUT2D eigenvalue weighted by Gasteiger charge is 2.14. The van der Waals surface area contributed by atoms with E-state index < -0.39 is 0 Å². The Morgan fingerprint density at radius 2 is 1.56 bits per heavy atom. The Labute approximate surface area is 109 Å². The second-order valence-electron chi connectivity index (χ2n) is 3.63. The van der Waals surface area contributed by atoms with Crippen molar-refractivity contribution in [2.75, 3.05) is 28.3 Å². The lowest BCUT2D eigenvalue weighted by atomic mass is 10.0. The number of hydrogen-bond acceptors (Lipinski definition) is 4. The summed E-state index contributed by atoms with van der Waals surface area (Å²) in [6, 6.07) is 0. The molecule has 0 aromatic heterocycles. The van der Waals surface area contributed by atoms with Crippen LogP contribution in [0.4, 0.5) is 4.79 Å². The van der Waals surface area contributed by atoms with Crippen molar-refractivity contribution in [1.82, 2.24) is 4.90 Å². The maximum absolute atomic E-state index is 11.0. The summed E-state index contributed by atoms with van der Waals surface area (Å²) >= 11 is 0. The lowest BCUT2D eigenvalue weighted by Crippen LogP contribution is -2.20. The van der Waals surface area contributed by atoms with Crippen LogP contribution in [0, 0.1) is 5.92 Å². The molecule has 1 amide bonds. The van der Waals surface area contributed by atoms with Crippen LogP contribution in [0.25, 0.3) is 0 Å². The van der Waals surface area contributed by atoms with Crippen molar-refractivity contribution >= 4 is 12.1 Å². The Bertz CT molecular complexity index is 264. The molecule has 0 aliphatic heterocycles. The highest BCUT2D eigenvalue weighted by molar-refractivity contribution is 5.72. The van der Waals surface area contributed by atoms with Crippen molar-refractivity contribution in [3.05, 3.63) is 25.3 Å². The SMILES string of the molecule is C=CCC(CC=C)C(=O)OC.COC(=O)N(C)C. The van der Waals surface area contributed by atoms with E-state index in [1.807, 2.05) is 0 Å². The second kappa shape index (κ2) is 11.7. The number of hydrogen-bond donors (Lipinski definition) is 0. The topological polar surface area (TPSA) is 55.8 Å². The number of ether oxygens (including phenoxy) is 2. The van der Waals surface area contributed by atoms with Gasteiger partial charge in [-0.1, -0.05) is 12.2 Å². The van der Waals surface area contributed by atoms with Crippen LogP contribution in [0.15, 0.2) is 25.3 Å². The van der Waals surface area contributed by atoms with Gasteiger partial charge in [0.1, 0.15) is 0 Å². The number of methoxy groups -OCH3 is 2. The zero-order valence-electron chi connectivity index (χ0n) is 11.6. The second-order valence-corrected chi connectivity index (χ2v) is 3.63. The Balaban J connectivity index is 0. The van der Waals surface area contributed by atoms with Gasteiger partial charge in [0.15, 0.2) is 0 Å². The Kier molecular flexibility index (Phi) is 12.1. The lowest BCUT2D eigenvalue weighted by molar-refractivity contribution is -0.145. The summed E-state index contributed by atoms with van der Waals surface area (Å²) in [5.41, 5.74) is 0. The van der Waals surface area contributed by atoms with Gasteiger partial charge in [-0.05, 0) is 12.8 Å². The van der Waals surface area contributed by atoms with Crippen molar-refractivity contribution in [2.45, 2.75) is 12.8 Å². The summed E-state index contributed by atoms with van der Waals surface area (Å²) in [6.45, 7) is 7.11. The van der Waals surface area contributed by atoms with Gasteiger partial charge in [-0.3, -0.25) is 4.79 Å². The molecule has 104 valence electrons. The average Bonchev–Trinajstić information content (AvgIpc) is 2.37. The molecule has 0 saturated carbocycles. The Hall–Kier alpha value is -1.78. The molecular weight excluding hydrogens is 234 g/mol. The van der Waals surface area contributed by atoms with E-state index >= 15 is 0 Å². The van der Waals surface area contributed by atoms with Gasteiger partial charge in [-0.25, -0.2) is 4.79 Å². The van der Waals surface area contributed by atoms with E-state index in [9.17, 15) is 9.59 Å². The molecule has 0 aromatic rings. The molecule has 5 heteroatoms. The number of allylic oxidation sites excluding steroid dienone is 2. The normalized spacial score (nSPS) is 8.72. The molecule has 0 radical (unpaired) electrons. The molecule has 0 aromatic carbocycles. The summed E-state index contributed by atoms with van der Waals surface area (Å²) in [4.78, 5) is 22.6. The van der Waals surface area contributed by atoms with E-state index in [1.165, 1.54) is 19.1 Å². The van der Waals surface area contributed by atoms with E-state index in [0.29, 0.717) is 12.8 Å². The lowest BCUT2D eigenvalue weighted by Gasteiger charge is -2.08. The van der Waals surface area contributed by atoms with E-state index in [1.54, 1.807) is 26.2 Å². The number of carbonyl (C=O) groups excluding carboxylic acids is 2. The molecule has 0 unspecified atom stereocenters. The van der Waals surface area contributed by atoms with Crippen molar-refractivity contribution in [1.29, 1.82) is 0 Å². The molecule has 0 rings (SSSR count). The van der Waals surface area contributed by atoms with Crippen LogP contribution in [-0.4, -0.2) is 45.3 Å². The van der Waals surface area contributed by atoms with Gasteiger partial charge in [-0.15, -0.1) is 13.2 Å². The van der Waals surface area contributed by atoms with E-state index in [-0.39, 0.29) is 18.0 Å². The smallest absolute Gasteiger partial charge is 0.408 e. The van der Waals surface area contributed by atoms with Crippen molar-refractivity contribution in [3.63, 3.8) is 0 Å². The zero-order chi connectivity index (χ0) is 14.6. The van der Waals surface area contributed by atoms with Gasteiger partial charge < -0.3 is 14.4 Å². The van der Waals surface area contributed by atoms with E-state index in [2.05, 4.69) is 22.6 Å². The molecule has 0 heterocycles. The first kappa shape index (κ1) is 18.6. The molecule has 5 nitrogen and oxygen atoms in total. The van der Waals surface area contributed by atoms with Crippen LogP contribution in [0.3, 0.4) is 0 Å². The third-order valence-corrected chi connectivity index (χ3v) is 1.98. The highest BCUT2D eigenvalue weighted by Crippen LogP contribution is 2.11. The summed E-state index contributed by atoms with van der Waals surface area (Å²) < 4.78 is 8.88. The predicted molar refractivity (Wildman–Crippen MR) is 71.2 cm³/mol. The van der Waals surface area contributed by atoms with Gasteiger partial charge in [-0.2, -0.15) is 0 Å². The van der Waals surface area contributed by atoms with E-state index in [0.717, 1.165) is 0 Å². The van der Waals surface area contributed by atoms with Crippen molar-refractivity contribution in [3.8, 4) is 0 Å². The van der Waals surface area contributed by atoms with Crippen molar-refractivity contribution < 1.29 is 19.1 Å². The van der Waals surface area contributed by atoms with Crippen LogP contribution in [-0.2, 0) is 14.3 Å².